The summed E-state index contributed by atoms with van der Waals surface area (Å²) in [5, 5.41) is 8.93. The molecule has 17 heavy (non-hydrogen) atoms. The second-order valence-corrected chi connectivity index (χ2v) is 6.06. The van der Waals surface area contributed by atoms with Gasteiger partial charge in [0.2, 0.25) is 0 Å². The largest absolute Gasteiger partial charge is 0.480 e. The minimum Gasteiger partial charge on any atom is -0.480 e. The zero-order valence-corrected chi connectivity index (χ0v) is 11.0. The summed E-state index contributed by atoms with van der Waals surface area (Å²) in [4.78, 5) is 10.9. The number of aliphatic carboxylic acids is 1. The van der Waals surface area contributed by atoms with Crippen LogP contribution in [0.4, 0.5) is 0 Å². The summed E-state index contributed by atoms with van der Waals surface area (Å²) < 4.78 is 27.6. The van der Waals surface area contributed by atoms with E-state index >= 15 is 0 Å². The highest BCUT2D eigenvalue weighted by atomic mass is 32.2. The Morgan fingerprint density at radius 1 is 1.59 bits per heavy atom. The molecular weight excluding hydrogens is 244 g/mol. The van der Waals surface area contributed by atoms with Gasteiger partial charge in [-0.3, -0.25) is 4.79 Å². The molecule has 1 fully saturated rings. The first-order chi connectivity index (χ1) is 7.88. The molecule has 1 aliphatic rings. The van der Waals surface area contributed by atoms with Gasteiger partial charge in [-0.1, -0.05) is 13.3 Å². The smallest absolute Gasteiger partial charge is 0.321 e. The third kappa shape index (κ3) is 3.65. The van der Waals surface area contributed by atoms with Crippen LogP contribution in [0.1, 0.15) is 39.5 Å². The molecule has 0 spiro atoms. The molecule has 0 saturated carbocycles. The molecule has 0 aromatic rings. The molecule has 6 nitrogen and oxygen atoms in total. The fourth-order valence-corrected chi connectivity index (χ4v) is 3.70. The Hall–Kier alpha value is -0.660. The zero-order chi connectivity index (χ0) is 13.1. The molecule has 2 atom stereocenters. The highest BCUT2D eigenvalue weighted by Gasteiger charge is 2.34. The third-order valence-electron chi connectivity index (χ3n) is 2.97. The number of nitrogens with one attached hydrogen (secondary N) is 1. The van der Waals surface area contributed by atoms with Crippen molar-refractivity contribution in [3.05, 3.63) is 0 Å². The highest BCUT2D eigenvalue weighted by molar-refractivity contribution is 7.87. The van der Waals surface area contributed by atoms with Crippen molar-refractivity contribution in [1.82, 2.24) is 9.03 Å². The molecule has 100 valence electrons. The van der Waals surface area contributed by atoms with Crippen LogP contribution in [0.2, 0.25) is 0 Å². The van der Waals surface area contributed by atoms with Gasteiger partial charge in [0.1, 0.15) is 6.04 Å². The quantitative estimate of drug-likeness (QED) is 0.734. The molecule has 1 rings (SSSR count). The number of hydrogen-bond donors (Lipinski definition) is 2. The summed E-state index contributed by atoms with van der Waals surface area (Å²) >= 11 is 0. The van der Waals surface area contributed by atoms with Gasteiger partial charge in [0.05, 0.1) is 0 Å². The Morgan fingerprint density at radius 3 is 2.65 bits per heavy atom. The maximum Gasteiger partial charge on any atom is 0.321 e. The van der Waals surface area contributed by atoms with Crippen LogP contribution in [0.5, 0.6) is 0 Å². The van der Waals surface area contributed by atoms with E-state index in [9.17, 15) is 13.2 Å². The van der Waals surface area contributed by atoms with E-state index in [2.05, 4.69) is 4.72 Å². The first-order valence-corrected chi connectivity index (χ1v) is 7.34. The normalized spacial score (nSPS) is 23.8. The van der Waals surface area contributed by atoms with Gasteiger partial charge in [-0.15, -0.1) is 0 Å². The predicted octanol–water partition coefficient (Wildman–Crippen LogP) is 0.558. The van der Waals surface area contributed by atoms with Gasteiger partial charge in [-0.05, 0) is 26.2 Å². The molecule has 1 saturated heterocycles. The Morgan fingerprint density at radius 2 is 2.24 bits per heavy atom. The molecule has 2 unspecified atom stereocenters. The van der Waals surface area contributed by atoms with E-state index in [0.29, 0.717) is 19.4 Å². The SMILES string of the molecule is CCCC(NS(=O)(=O)N1CCCC1C)C(=O)O. The van der Waals surface area contributed by atoms with Crippen molar-refractivity contribution in [2.75, 3.05) is 6.54 Å². The summed E-state index contributed by atoms with van der Waals surface area (Å²) in [6.45, 7) is 4.12. The fraction of sp³-hybridized carbons (Fsp3) is 0.900. The van der Waals surface area contributed by atoms with Gasteiger partial charge >= 0.3 is 5.97 Å². The van der Waals surface area contributed by atoms with E-state index in [4.69, 9.17) is 5.11 Å². The monoisotopic (exact) mass is 264 g/mol. The van der Waals surface area contributed by atoms with Crippen LogP contribution in [0.15, 0.2) is 0 Å². The minimum absolute atomic E-state index is 0.0522. The first kappa shape index (κ1) is 14.4. The number of carbonyl (C=O) groups is 1. The second-order valence-electron chi connectivity index (χ2n) is 4.40. The van der Waals surface area contributed by atoms with Gasteiger partial charge in [0, 0.05) is 12.6 Å². The Bertz CT molecular complexity index is 369. The van der Waals surface area contributed by atoms with Crippen molar-refractivity contribution in [1.29, 1.82) is 0 Å². The van der Waals surface area contributed by atoms with Crippen LogP contribution in [-0.2, 0) is 15.0 Å². The van der Waals surface area contributed by atoms with E-state index in [1.807, 2.05) is 13.8 Å². The van der Waals surface area contributed by atoms with Crippen LogP contribution < -0.4 is 4.72 Å². The van der Waals surface area contributed by atoms with E-state index in [1.54, 1.807) is 0 Å². The summed E-state index contributed by atoms with van der Waals surface area (Å²) in [6, 6.07) is -1.08. The topological polar surface area (TPSA) is 86.7 Å². The lowest BCUT2D eigenvalue weighted by molar-refractivity contribution is -0.139. The lowest BCUT2D eigenvalue weighted by Gasteiger charge is -2.23. The molecule has 2 N–H and O–H groups in total. The number of nitrogens with zero attached hydrogens (tertiary/aromatic N) is 1. The van der Waals surface area contributed by atoms with Gasteiger partial charge in [-0.2, -0.15) is 17.4 Å². The standard InChI is InChI=1S/C10H20N2O4S/c1-3-5-9(10(13)14)11-17(15,16)12-7-4-6-8(12)2/h8-9,11H,3-7H2,1-2H3,(H,13,14). The minimum atomic E-state index is -3.67. The van der Waals surface area contributed by atoms with Crippen molar-refractivity contribution in [3.8, 4) is 0 Å². The fourth-order valence-electron chi connectivity index (χ4n) is 2.03. The molecule has 1 aliphatic heterocycles. The molecule has 0 aliphatic carbocycles. The molecule has 0 aromatic heterocycles. The first-order valence-electron chi connectivity index (χ1n) is 5.90. The van der Waals surface area contributed by atoms with Crippen molar-refractivity contribution in [2.45, 2.75) is 51.6 Å². The average molecular weight is 264 g/mol. The third-order valence-corrected chi connectivity index (χ3v) is 4.71. The van der Waals surface area contributed by atoms with Crippen LogP contribution in [0.25, 0.3) is 0 Å². The lowest BCUT2D eigenvalue weighted by Crippen LogP contribution is -2.49. The number of carboxylic acids is 1. The summed E-state index contributed by atoms with van der Waals surface area (Å²) in [7, 11) is -3.67. The van der Waals surface area contributed by atoms with Crippen molar-refractivity contribution >= 4 is 16.2 Å². The highest BCUT2D eigenvalue weighted by Crippen LogP contribution is 2.19. The van der Waals surface area contributed by atoms with E-state index < -0.39 is 22.2 Å². The maximum atomic E-state index is 12.0. The number of hydrogen-bond acceptors (Lipinski definition) is 3. The van der Waals surface area contributed by atoms with Crippen molar-refractivity contribution < 1.29 is 18.3 Å². The summed E-state index contributed by atoms with van der Waals surface area (Å²) in [5.74, 6) is -1.12. The number of carboxylic acid groups (broad SMARTS) is 1. The van der Waals surface area contributed by atoms with Gasteiger partial charge in [0.15, 0.2) is 0 Å². The van der Waals surface area contributed by atoms with Gasteiger partial charge < -0.3 is 5.11 Å². The Kier molecular flexibility index (Phi) is 4.91. The Balaban J connectivity index is 2.73. The van der Waals surface area contributed by atoms with E-state index in [0.717, 1.165) is 12.8 Å². The molecular formula is C10H20N2O4S. The van der Waals surface area contributed by atoms with Crippen LogP contribution in [0.3, 0.4) is 0 Å². The molecule has 0 aromatic carbocycles. The lowest BCUT2D eigenvalue weighted by atomic mass is 10.2. The van der Waals surface area contributed by atoms with Crippen LogP contribution in [0, 0.1) is 0 Å². The summed E-state index contributed by atoms with van der Waals surface area (Å²) in [6.07, 6.45) is 2.58. The van der Waals surface area contributed by atoms with Crippen molar-refractivity contribution in [3.63, 3.8) is 0 Å². The van der Waals surface area contributed by atoms with E-state index in [1.165, 1.54) is 4.31 Å². The number of rotatable bonds is 6. The van der Waals surface area contributed by atoms with Gasteiger partial charge in [0.25, 0.3) is 10.2 Å². The molecule has 1 heterocycles. The van der Waals surface area contributed by atoms with Crippen molar-refractivity contribution in [2.24, 2.45) is 0 Å². The van der Waals surface area contributed by atoms with E-state index in [-0.39, 0.29) is 6.04 Å². The molecule has 7 heteroatoms. The molecule has 0 amide bonds. The predicted molar refractivity (Wildman–Crippen MR) is 63.8 cm³/mol. The van der Waals surface area contributed by atoms with Crippen LogP contribution >= 0.6 is 0 Å². The molecule has 0 radical (unpaired) electrons. The average Bonchev–Trinajstić information content (AvgIpc) is 2.64. The van der Waals surface area contributed by atoms with Crippen LogP contribution in [-0.4, -0.2) is 42.4 Å². The Labute approximate surface area is 102 Å². The summed E-state index contributed by atoms with van der Waals surface area (Å²) in [5.41, 5.74) is 0. The maximum absolute atomic E-state index is 12.0. The van der Waals surface area contributed by atoms with Gasteiger partial charge in [-0.25, -0.2) is 0 Å². The zero-order valence-electron chi connectivity index (χ0n) is 10.2. The molecule has 0 bridgehead atoms. The second kappa shape index (κ2) is 5.79.